The molecule has 0 aliphatic carbocycles. The molecular formula is C15H25NO2S. The van der Waals surface area contributed by atoms with Crippen LogP contribution in [-0.4, -0.2) is 21.2 Å². The molecule has 0 aliphatic heterocycles. The Morgan fingerprint density at radius 3 is 2.47 bits per heavy atom. The fourth-order valence-corrected chi connectivity index (χ4v) is 2.77. The summed E-state index contributed by atoms with van der Waals surface area (Å²) in [5, 5.41) is 3.50. The molecule has 0 bridgehead atoms. The van der Waals surface area contributed by atoms with E-state index in [1.165, 1.54) is 6.26 Å². The summed E-state index contributed by atoms with van der Waals surface area (Å²) >= 11 is 0. The molecule has 0 spiro atoms. The van der Waals surface area contributed by atoms with Crippen LogP contribution in [0.2, 0.25) is 0 Å². The zero-order valence-electron chi connectivity index (χ0n) is 12.3. The van der Waals surface area contributed by atoms with Gasteiger partial charge in [0.15, 0.2) is 9.84 Å². The van der Waals surface area contributed by atoms with Gasteiger partial charge in [0.1, 0.15) is 0 Å². The zero-order chi connectivity index (χ0) is 14.5. The lowest BCUT2D eigenvalue weighted by molar-refractivity contribution is 0.429. The second-order valence-electron chi connectivity index (χ2n) is 5.48. The van der Waals surface area contributed by atoms with Gasteiger partial charge in [-0.1, -0.05) is 32.9 Å². The lowest BCUT2D eigenvalue weighted by Crippen LogP contribution is -2.23. The Kier molecular flexibility index (Phi) is 6.01. The molecule has 1 unspecified atom stereocenters. The molecule has 1 aromatic rings. The molecule has 0 saturated carbocycles. The summed E-state index contributed by atoms with van der Waals surface area (Å²) in [6.45, 7) is 7.44. The Morgan fingerprint density at radius 2 is 1.95 bits per heavy atom. The minimum Gasteiger partial charge on any atom is -0.310 e. The average Bonchev–Trinajstić information content (AvgIpc) is 2.33. The van der Waals surface area contributed by atoms with Gasteiger partial charge < -0.3 is 5.32 Å². The fraction of sp³-hybridized carbons (Fsp3) is 0.600. The third-order valence-corrected chi connectivity index (χ3v) is 4.15. The number of benzene rings is 1. The Morgan fingerprint density at radius 1 is 1.26 bits per heavy atom. The van der Waals surface area contributed by atoms with E-state index < -0.39 is 9.84 Å². The second kappa shape index (κ2) is 7.06. The molecule has 0 fully saturated rings. The van der Waals surface area contributed by atoms with Crippen molar-refractivity contribution in [2.24, 2.45) is 5.92 Å². The van der Waals surface area contributed by atoms with Crippen LogP contribution in [0.1, 0.15) is 45.2 Å². The highest BCUT2D eigenvalue weighted by Gasteiger charge is 2.15. The van der Waals surface area contributed by atoms with Gasteiger partial charge in [0.05, 0.1) is 4.90 Å². The van der Waals surface area contributed by atoms with Crippen molar-refractivity contribution in [3.63, 3.8) is 0 Å². The van der Waals surface area contributed by atoms with Gasteiger partial charge in [0, 0.05) is 12.3 Å². The summed E-state index contributed by atoms with van der Waals surface area (Å²) in [6.07, 6.45) is 3.33. The highest BCUT2D eigenvalue weighted by molar-refractivity contribution is 7.90. The van der Waals surface area contributed by atoms with Crippen LogP contribution in [0, 0.1) is 5.92 Å². The smallest absolute Gasteiger partial charge is 0.175 e. The maximum atomic E-state index is 11.6. The number of hydrogen-bond acceptors (Lipinski definition) is 3. The average molecular weight is 283 g/mol. The van der Waals surface area contributed by atoms with Gasteiger partial charge in [-0.2, -0.15) is 0 Å². The molecular weight excluding hydrogens is 258 g/mol. The number of nitrogens with one attached hydrogen (secondary N) is 1. The monoisotopic (exact) mass is 283 g/mol. The second-order valence-corrected chi connectivity index (χ2v) is 7.50. The molecule has 0 amide bonds. The quantitative estimate of drug-likeness (QED) is 0.836. The van der Waals surface area contributed by atoms with Crippen molar-refractivity contribution in [2.75, 3.05) is 12.8 Å². The van der Waals surface area contributed by atoms with Crippen molar-refractivity contribution < 1.29 is 8.42 Å². The first kappa shape index (κ1) is 16.2. The minimum absolute atomic E-state index is 0.224. The molecule has 108 valence electrons. The molecule has 0 saturated heterocycles. The van der Waals surface area contributed by atoms with E-state index in [4.69, 9.17) is 0 Å². The van der Waals surface area contributed by atoms with Crippen molar-refractivity contribution >= 4 is 9.84 Å². The molecule has 0 aliphatic rings. The molecule has 1 N–H and O–H groups in total. The van der Waals surface area contributed by atoms with Gasteiger partial charge in [-0.25, -0.2) is 8.42 Å². The maximum absolute atomic E-state index is 11.6. The van der Waals surface area contributed by atoms with E-state index in [-0.39, 0.29) is 6.04 Å². The van der Waals surface area contributed by atoms with Crippen LogP contribution in [0.5, 0.6) is 0 Å². The van der Waals surface area contributed by atoms with Crippen LogP contribution in [0.4, 0.5) is 0 Å². The van der Waals surface area contributed by atoms with E-state index in [2.05, 4.69) is 26.1 Å². The highest BCUT2D eigenvalue weighted by Crippen LogP contribution is 2.23. The zero-order valence-corrected chi connectivity index (χ0v) is 13.1. The Bertz CT molecular complexity index is 495. The van der Waals surface area contributed by atoms with Gasteiger partial charge in [-0.15, -0.1) is 0 Å². The summed E-state index contributed by atoms with van der Waals surface area (Å²) < 4.78 is 23.2. The van der Waals surface area contributed by atoms with Crippen LogP contribution in [0.15, 0.2) is 29.2 Å². The lowest BCUT2D eigenvalue weighted by Gasteiger charge is -2.21. The van der Waals surface area contributed by atoms with E-state index >= 15 is 0 Å². The van der Waals surface area contributed by atoms with Crippen molar-refractivity contribution in [1.82, 2.24) is 5.32 Å². The van der Waals surface area contributed by atoms with Crippen LogP contribution in [-0.2, 0) is 9.84 Å². The SMILES string of the molecule is CCCNC(CC(C)C)c1cccc(S(C)(=O)=O)c1. The summed E-state index contributed by atoms with van der Waals surface area (Å²) in [5.74, 6) is 0.566. The van der Waals surface area contributed by atoms with Crippen molar-refractivity contribution in [3.05, 3.63) is 29.8 Å². The number of hydrogen-bond donors (Lipinski definition) is 1. The molecule has 4 heteroatoms. The number of sulfone groups is 1. The van der Waals surface area contributed by atoms with Gasteiger partial charge in [-0.3, -0.25) is 0 Å². The predicted octanol–water partition coefficient (Wildman–Crippen LogP) is 3.18. The van der Waals surface area contributed by atoms with Crippen LogP contribution >= 0.6 is 0 Å². The molecule has 0 aromatic heterocycles. The first-order valence-electron chi connectivity index (χ1n) is 6.88. The lowest BCUT2D eigenvalue weighted by atomic mass is 9.97. The largest absolute Gasteiger partial charge is 0.310 e. The summed E-state index contributed by atoms with van der Waals surface area (Å²) in [5.41, 5.74) is 1.06. The number of rotatable bonds is 7. The molecule has 1 atom stereocenters. The maximum Gasteiger partial charge on any atom is 0.175 e. The predicted molar refractivity (Wildman–Crippen MR) is 80.0 cm³/mol. The standard InChI is InChI=1S/C15H25NO2S/c1-5-9-16-15(10-12(2)3)13-7-6-8-14(11-13)19(4,17)18/h6-8,11-12,15-16H,5,9-10H2,1-4H3. The Hall–Kier alpha value is -0.870. The molecule has 1 aromatic carbocycles. The van der Waals surface area contributed by atoms with E-state index in [9.17, 15) is 8.42 Å². The van der Waals surface area contributed by atoms with E-state index in [0.717, 1.165) is 24.9 Å². The third-order valence-electron chi connectivity index (χ3n) is 3.04. The van der Waals surface area contributed by atoms with Crippen LogP contribution < -0.4 is 5.32 Å². The van der Waals surface area contributed by atoms with E-state index in [0.29, 0.717) is 10.8 Å². The topological polar surface area (TPSA) is 46.2 Å². The Labute approximate surface area is 117 Å². The van der Waals surface area contributed by atoms with Crippen molar-refractivity contribution in [3.8, 4) is 0 Å². The molecule has 0 radical (unpaired) electrons. The highest BCUT2D eigenvalue weighted by atomic mass is 32.2. The first-order chi connectivity index (χ1) is 8.84. The van der Waals surface area contributed by atoms with Crippen LogP contribution in [0.3, 0.4) is 0 Å². The van der Waals surface area contributed by atoms with E-state index in [1.807, 2.05) is 12.1 Å². The summed E-state index contributed by atoms with van der Waals surface area (Å²) in [6, 6.07) is 7.51. The fourth-order valence-electron chi connectivity index (χ4n) is 2.09. The molecule has 19 heavy (non-hydrogen) atoms. The van der Waals surface area contributed by atoms with E-state index in [1.54, 1.807) is 12.1 Å². The minimum atomic E-state index is -3.14. The van der Waals surface area contributed by atoms with Gasteiger partial charge >= 0.3 is 0 Å². The van der Waals surface area contributed by atoms with Crippen molar-refractivity contribution in [1.29, 1.82) is 0 Å². The van der Waals surface area contributed by atoms with Gasteiger partial charge in [0.25, 0.3) is 0 Å². The van der Waals surface area contributed by atoms with Crippen molar-refractivity contribution in [2.45, 2.75) is 44.6 Å². The molecule has 1 rings (SSSR count). The third kappa shape index (κ3) is 5.33. The Balaban J connectivity index is 3.01. The molecule has 0 heterocycles. The molecule has 3 nitrogen and oxygen atoms in total. The van der Waals surface area contributed by atoms with Gasteiger partial charge in [0.2, 0.25) is 0 Å². The van der Waals surface area contributed by atoms with Gasteiger partial charge in [-0.05, 0) is 43.0 Å². The summed E-state index contributed by atoms with van der Waals surface area (Å²) in [7, 11) is -3.14. The summed E-state index contributed by atoms with van der Waals surface area (Å²) in [4.78, 5) is 0.400. The van der Waals surface area contributed by atoms with Crippen LogP contribution in [0.25, 0.3) is 0 Å². The first-order valence-corrected chi connectivity index (χ1v) is 8.77. The normalized spacial score (nSPS) is 13.7.